The maximum absolute atomic E-state index is 11.2. The molecule has 0 bridgehead atoms. The van der Waals surface area contributed by atoms with Crippen LogP contribution >= 0.6 is 11.3 Å². The van der Waals surface area contributed by atoms with E-state index in [1.807, 2.05) is 30.5 Å². The van der Waals surface area contributed by atoms with Crippen LogP contribution in [0.25, 0.3) is 10.7 Å². The van der Waals surface area contributed by atoms with Crippen molar-refractivity contribution in [1.82, 2.24) is 9.97 Å². The lowest BCUT2D eigenvalue weighted by Gasteiger charge is -2.16. The van der Waals surface area contributed by atoms with Gasteiger partial charge in [0.05, 0.1) is 10.4 Å². The van der Waals surface area contributed by atoms with Gasteiger partial charge in [0.1, 0.15) is 5.82 Å². The van der Waals surface area contributed by atoms with E-state index in [4.69, 9.17) is 15.1 Å². The van der Waals surface area contributed by atoms with Gasteiger partial charge in [0, 0.05) is 16.9 Å². The highest BCUT2D eigenvalue weighted by Gasteiger charge is 2.15. The number of aromatic carboxylic acids is 1. The van der Waals surface area contributed by atoms with Crippen LogP contribution in [-0.2, 0) is 12.8 Å². The van der Waals surface area contributed by atoms with Crippen molar-refractivity contribution >= 4 is 28.8 Å². The zero-order valence-electron chi connectivity index (χ0n) is 15.3. The number of aryl methyl sites for hydroxylation is 2. The third-order valence-electron chi connectivity index (χ3n) is 4.24. The number of anilines is 2. The Labute approximate surface area is 162 Å². The summed E-state index contributed by atoms with van der Waals surface area (Å²) in [6, 6.07) is 9.00. The smallest absolute Gasteiger partial charge is 0.335 e. The number of carboxylic acid groups (broad SMARTS) is 1. The van der Waals surface area contributed by atoms with E-state index in [0.717, 1.165) is 39.6 Å². The van der Waals surface area contributed by atoms with E-state index in [1.54, 1.807) is 29.5 Å². The molecule has 0 aliphatic heterocycles. The van der Waals surface area contributed by atoms with E-state index in [1.165, 1.54) is 0 Å². The summed E-state index contributed by atoms with van der Waals surface area (Å²) in [7, 11) is 0. The molecule has 6 heteroatoms. The van der Waals surface area contributed by atoms with E-state index in [2.05, 4.69) is 18.8 Å². The normalized spacial score (nSPS) is 10.6. The SMILES string of the molecule is C=CCc1c(CC)nc(-c2cccs2)nc1Nc1ccc(C(=O)O)cc1C. The molecule has 0 aliphatic rings. The minimum Gasteiger partial charge on any atom is -0.478 e. The first-order chi connectivity index (χ1) is 13.0. The maximum Gasteiger partial charge on any atom is 0.335 e. The summed E-state index contributed by atoms with van der Waals surface area (Å²) >= 11 is 1.60. The van der Waals surface area contributed by atoms with E-state index in [9.17, 15) is 4.79 Å². The summed E-state index contributed by atoms with van der Waals surface area (Å²) in [6.07, 6.45) is 3.28. The molecule has 2 aromatic heterocycles. The molecule has 27 heavy (non-hydrogen) atoms. The molecule has 0 spiro atoms. The van der Waals surface area contributed by atoms with Gasteiger partial charge in [-0.2, -0.15) is 0 Å². The minimum atomic E-state index is -0.938. The van der Waals surface area contributed by atoms with Gasteiger partial charge in [0.25, 0.3) is 0 Å². The van der Waals surface area contributed by atoms with Crippen molar-refractivity contribution in [2.75, 3.05) is 5.32 Å². The molecule has 0 saturated carbocycles. The number of hydrogen-bond donors (Lipinski definition) is 2. The van der Waals surface area contributed by atoms with Crippen LogP contribution in [0.1, 0.15) is 34.1 Å². The lowest BCUT2D eigenvalue weighted by Crippen LogP contribution is -2.08. The third kappa shape index (κ3) is 4.06. The number of carboxylic acids is 1. The number of thiophene rings is 1. The second kappa shape index (κ2) is 8.14. The molecule has 0 saturated heterocycles. The number of benzene rings is 1. The van der Waals surface area contributed by atoms with Crippen LogP contribution in [-0.4, -0.2) is 21.0 Å². The van der Waals surface area contributed by atoms with Crippen LogP contribution in [0.4, 0.5) is 11.5 Å². The zero-order valence-corrected chi connectivity index (χ0v) is 16.1. The van der Waals surface area contributed by atoms with E-state index < -0.39 is 5.97 Å². The monoisotopic (exact) mass is 379 g/mol. The van der Waals surface area contributed by atoms with Gasteiger partial charge in [0.2, 0.25) is 0 Å². The lowest BCUT2D eigenvalue weighted by atomic mass is 10.1. The molecule has 3 rings (SSSR count). The molecule has 0 atom stereocenters. The van der Waals surface area contributed by atoms with Crippen molar-refractivity contribution < 1.29 is 9.90 Å². The van der Waals surface area contributed by atoms with Gasteiger partial charge >= 0.3 is 5.97 Å². The first kappa shape index (κ1) is 18.8. The number of aromatic nitrogens is 2. The molecule has 5 nitrogen and oxygen atoms in total. The van der Waals surface area contributed by atoms with Crippen LogP contribution < -0.4 is 5.32 Å². The summed E-state index contributed by atoms with van der Waals surface area (Å²) in [5.41, 5.74) is 3.92. The Kier molecular flexibility index (Phi) is 5.66. The van der Waals surface area contributed by atoms with Crippen molar-refractivity contribution in [3.05, 3.63) is 70.8 Å². The average molecular weight is 379 g/mol. The summed E-state index contributed by atoms with van der Waals surface area (Å²) in [5, 5.41) is 14.5. The molecular formula is C21H21N3O2S. The van der Waals surface area contributed by atoms with E-state index in [-0.39, 0.29) is 5.56 Å². The second-order valence-electron chi connectivity index (χ2n) is 6.10. The Morgan fingerprint density at radius 1 is 1.33 bits per heavy atom. The summed E-state index contributed by atoms with van der Waals surface area (Å²) in [4.78, 5) is 21.7. The Balaban J connectivity index is 2.08. The van der Waals surface area contributed by atoms with Crippen LogP contribution in [0.15, 0.2) is 48.4 Å². The largest absolute Gasteiger partial charge is 0.478 e. The molecule has 1 aromatic carbocycles. The summed E-state index contributed by atoms with van der Waals surface area (Å²) < 4.78 is 0. The first-order valence-electron chi connectivity index (χ1n) is 8.69. The molecule has 0 amide bonds. The fourth-order valence-electron chi connectivity index (χ4n) is 2.87. The van der Waals surface area contributed by atoms with E-state index in [0.29, 0.717) is 12.2 Å². The Bertz CT molecular complexity index is 981. The molecular weight excluding hydrogens is 358 g/mol. The fraction of sp³-hybridized carbons (Fsp3) is 0.190. The second-order valence-corrected chi connectivity index (χ2v) is 7.05. The Morgan fingerprint density at radius 3 is 2.74 bits per heavy atom. The van der Waals surface area contributed by atoms with Crippen molar-refractivity contribution in [1.29, 1.82) is 0 Å². The van der Waals surface area contributed by atoms with Crippen LogP contribution in [0.2, 0.25) is 0 Å². The molecule has 0 aliphatic carbocycles. The van der Waals surface area contributed by atoms with Gasteiger partial charge in [-0.15, -0.1) is 17.9 Å². The maximum atomic E-state index is 11.2. The Hall–Kier alpha value is -2.99. The summed E-state index contributed by atoms with van der Waals surface area (Å²) in [5.74, 6) is 0.487. The number of hydrogen-bond acceptors (Lipinski definition) is 5. The van der Waals surface area contributed by atoms with Gasteiger partial charge < -0.3 is 10.4 Å². The highest BCUT2D eigenvalue weighted by molar-refractivity contribution is 7.13. The van der Waals surface area contributed by atoms with Crippen molar-refractivity contribution in [3.63, 3.8) is 0 Å². The topological polar surface area (TPSA) is 75.1 Å². The van der Waals surface area contributed by atoms with Crippen molar-refractivity contribution in [3.8, 4) is 10.7 Å². The first-order valence-corrected chi connectivity index (χ1v) is 9.57. The zero-order chi connectivity index (χ0) is 19.4. The molecule has 0 fully saturated rings. The van der Waals surface area contributed by atoms with E-state index >= 15 is 0 Å². The predicted molar refractivity (Wildman–Crippen MR) is 110 cm³/mol. The van der Waals surface area contributed by atoms with Crippen LogP contribution in [0.3, 0.4) is 0 Å². The Morgan fingerprint density at radius 2 is 2.15 bits per heavy atom. The number of nitrogens with zero attached hydrogens (tertiary/aromatic N) is 2. The third-order valence-corrected chi connectivity index (χ3v) is 5.11. The predicted octanol–water partition coefficient (Wildman–Crippen LogP) is 5.25. The average Bonchev–Trinajstić information content (AvgIpc) is 3.19. The number of rotatable bonds is 7. The summed E-state index contributed by atoms with van der Waals surface area (Å²) in [6.45, 7) is 7.81. The standard InChI is InChI=1S/C21H21N3O2S/c1-4-7-15-16(5-2)22-20(18-8-6-11-27-18)24-19(15)23-17-10-9-14(21(25)26)12-13(17)3/h4,6,8-12H,1,5,7H2,2-3H3,(H,25,26)(H,22,23,24). The van der Waals surface area contributed by atoms with Gasteiger partial charge in [0.15, 0.2) is 5.82 Å². The molecule has 2 heterocycles. The molecule has 0 unspecified atom stereocenters. The molecule has 2 N–H and O–H groups in total. The van der Waals surface area contributed by atoms with Gasteiger partial charge in [-0.3, -0.25) is 0 Å². The molecule has 3 aromatic rings. The fourth-order valence-corrected chi connectivity index (χ4v) is 3.52. The van der Waals surface area contributed by atoms with Gasteiger partial charge in [-0.05, 0) is 55.0 Å². The van der Waals surface area contributed by atoms with Gasteiger partial charge in [-0.25, -0.2) is 14.8 Å². The van der Waals surface area contributed by atoms with Crippen LogP contribution in [0.5, 0.6) is 0 Å². The number of nitrogens with one attached hydrogen (secondary N) is 1. The lowest BCUT2D eigenvalue weighted by molar-refractivity contribution is 0.0697. The minimum absolute atomic E-state index is 0.264. The van der Waals surface area contributed by atoms with Gasteiger partial charge in [-0.1, -0.05) is 19.1 Å². The molecule has 0 radical (unpaired) electrons. The van der Waals surface area contributed by atoms with Crippen LogP contribution in [0, 0.1) is 6.92 Å². The van der Waals surface area contributed by atoms with Crippen molar-refractivity contribution in [2.24, 2.45) is 0 Å². The van der Waals surface area contributed by atoms with Crippen molar-refractivity contribution in [2.45, 2.75) is 26.7 Å². The number of allylic oxidation sites excluding steroid dienone is 1. The highest BCUT2D eigenvalue weighted by Crippen LogP contribution is 2.29. The number of carbonyl (C=O) groups is 1. The molecule has 138 valence electrons. The highest BCUT2D eigenvalue weighted by atomic mass is 32.1. The quantitative estimate of drug-likeness (QED) is 0.549.